The molecule has 4 aliphatic rings. The minimum absolute atomic E-state index is 0.381. The highest BCUT2D eigenvalue weighted by Crippen LogP contribution is 2.72. The molecule has 1 spiro atoms. The van der Waals surface area contributed by atoms with Crippen molar-refractivity contribution in [2.45, 2.75) is 84.7 Å². The number of aliphatic hydroxyl groups is 1. The standard InChI is InChI=1S/C23H36O2/c1-16-17(18(24)15-25-16)7-5-8-20-22(4)11-6-10-21(2,3)19(22)9-12-23(20)13-14-23/h7,18-20,24H,1,5-6,8-15H2,2-4H3/b17-7-/t18?,19-,20+,22-/m0/s1. The second-order valence-corrected chi connectivity index (χ2v) is 10.3. The van der Waals surface area contributed by atoms with Gasteiger partial charge >= 0.3 is 0 Å². The van der Waals surface area contributed by atoms with Crippen LogP contribution in [0.1, 0.15) is 78.6 Å². The maximum atomic E-state index is 10.1. The van der Waals surface area contributed by atoms with Gasteiger partial charge in [-0.3, -0.25) is 0 Å². The Kier molecular flexibility index (Phi) is 4.15. The zero-order valence-corrected chi connectivity index (χ0v) is 16.4. The molecule has 4 fully saturated rings. The molecule has 2 heteroatoms. The van der Waals surface area contributed by atoms with E-state index in [9.17, 15) is 5.11 Å². The van der Waals surface area contributed by atoms with Crippen molar-refractivity contribution in [1.82, 2.24) is 0 Å². The van der Waals surface area contributed by atoms with E-state index < -0.39 is 6.10 Å². The second kappa shape index (κ2) is 5.87. The van der Waals surface area contributed by atoms with Crippen LogP contribution in [0.15, 0.2) is 24.0 Å². The fourth-order valence-electron chi connectivity index (χ4n) is 7.20. The Morgan fingerprint density at radius 2 is 1.92 bits per heavy atom. The summed E-state index contributed by atoms with van der Waals surface area (Å²) in [7, 11) is 0. The molecule has 1 unspecified atom stereocenters. The van der Waals surface area contributed by atoms with Crippen LogP contribution in [-0.2, 0) is 4.74 Å². The van der Waals surface area contributed by atoms with E-state index in [1.165, 1.54) is 51.4 Å². The quantitative estimate of drug-likeness (QED) is 0.720. The number of hydrogen-bond acceptors (Lipinski definition) is 2. The summed E-state index contributed by atoms with van der Waals surface area (Å²) in [5.74, 6) is 2.41. The van der Waals surface area contributed by atoms with Crippen LogP contribution in [-0.4, -0.2) is 17.8 Å². The highest BCUT2D eigenvalue weighted by molar-refractivity contribution is 5.31. The topological polar surface area (TPSA) is 29.5 Å². The zero-order valence-electron chi connectivity index (χ0n) is 16.4. The van der Waals surface area contributed by atoms with Crippen molar-refractivity contribution in [3.05, 3.63) is 24.0 Å². The predicted molar refractivity (Wildman–Crippen MR) is 102 cm³/mol. The first-order valence-corrected chi connectivity index (χ1v) is 10.5. The number of ether oxygens (including phenoxy) is 1. The first kappa shape index (κ1) is 17.6. The summed E-state index contributed by atoms with van der Waals surface area (Å²) in [6.45, 7) is 12.0. The van der Waals surface area contributed by atoms with Gasteiger partial charge in [0.1, 0.15) is 18.5 Å². The lowest BCUT2D eigenvalue weighted by Crippen LogP contribution is -2.52. The van der Waals surface area contributed by atoms with Crippen molar-refractivity contribution in [2.75, 3.05) is 6.61 Å². The van der Waals surface area contributed by atoms with E-state index in [-0.39, 0.29) is 0 Å². The lowest BCUT2D eigenvalue weighted by molar-refractivity contribution is -0.107. The van der Waals surface area contributed by atoms with E-state index in [0.717, 1.165) is 23.8 Å². The second-order valence-electron chi connectivity index (χ2n) is 10.3. The Labute approximate surface area is 153 Å². The molecule has 1 saturated heterocycles. The Morgan fingerprint density at radius 3 is 2.56 bits per heavy atom. The van der Waals surface area contributed by atoms with E-state index >= 15 is 0 Å². The molecule has 2 nitrogen and oxygen atoms in total. The molecule has 0 radical (unpaired) electrons. The molecule has 3 saturated carbocycles. The third-order valence-corrected chi connectivity index (χ3v) is 8.55. The van der Waals surface area contributed by atoms with Crippen molar-refractivity contribution in [3.63, 3.8) is 0 Å². The average Bonchev–Trinajstić information content (AvgIpc) is 3.23. The number of aliphatic hydroxyl groups excluding tert-OH is 1. The van der Waals surface area contributed by atoms with Crippen LogP contribution < -0.4 is 0 Å². The van der Waals surface area contributed by atoms with Crippen LogP contribution in [0.25, 0.3) is 0 Å². The van der Waals surface area contributed by atoms with Crippen LogP contribution in [0.4, 0.5) is 0 Å². The molecule has 4 atom stereocenters. The van der Waals surface area contributed by atoms with Gasteiger partial charge in [0.05, 0.1) is 0 Å². The summed E-state index contributed by atoms with van der Waals surface area (Å²) in [5, 5.41) is 10.1. The molecule has 25 heavy (non-hydrogen) atoms. The van der Waals surface area contributed by atoms with Crippen LogP contribution in [0.3, 0.4) is 0 Å². The molecule has 0 bridgehead atoms. The molecule has 1 aliphatic heterocycles. The molecule has 1 heterocycles. The van der Waals surface area contributed by atoms with Crippen LogP contribution in [0.5, 0.6) is 0 Å². The number of rotatable bonds is 3. The SMILES string of the molecule is C=C1OCC(O)/C1=C\CC[C@H]1C2(CC[C@H]3C(C)(C)CCC[C@@]31C)CC2. The third kappa shape index (κ3) is 2.80. The highest BCUT2D eigenvalue weighted by Gasteiger charge is 2.62. The average molecular weight is 345 g/mol. The van der Waals surface area contributed by atoms with Crippen molar-refractivity contribution in [1.29, 1.82) is 0 Å². The van der Waals surface area contributed by atoms with Gasteiger partial charge in [0.2, 0.25) is 0 Å². The summed E-state index contributed by atoms with van der Waals surface area (Å²) in [4.78, 5) is 0. The molecule has 1 N–H and O–H groups in total. The minimum Gasteiger partial charge on any atom is -0.491 e. The van der Waals surface area contributed by atoms with E-state index in [1.807, 2.05) is 0 Å². The van der Waals surface area contributed by atoms with E-state index in [1.54, 1.807) is 0 Å². The zero-order chi connectivity index (χ0) is 17.9. The molecule has 3 aliphatic carbocycles. The number of allylic oxidation sites excluding steroid dienone is 1. The van der Waals surface area contributed by atoms with Crippen molar-refractivity contribution in [3.8, 4) is 0 Å². The van der Waals surface area contributed by atoms with E-state index in [4.69, 9.17) is 4.74 Å². The monoisotopic (exact) mass is 344 g/mol. The molecule has 0 aromatic rings. The maximum absolute atomic E-state index is 10.1. The molecule has 0 amide bonds. The van der Waals surface area contributed by atoms with Crippen molar-refractivity contribution >= 4 is 0 Å². The summed E-state index contributed by atoms with van der Waals surface area (Å²) < 4.78 is 5.39. The fourth-order valence-corrected chi connectivity index (χ4v) is 7.20. The third-order valence-electron chi connectivity index (χ3n) is 8.55. The summed E-state index contributed by atoms with van der Waals surface area (Å²) >= 11 is 0. The van der Waals surface area contributed by atoms with Crippen LogP contribution in [0, 0.1) is 28.1 Å². The lowest BCUT2D eigenvalue weighted by Gasteiger charge is -2.60. The van der Waals surface area contributed by atoms with E-state index in [2.05, 4.69) is 33.4 Å². The first-order chi connectivity index (χ1) is 11.8. The van der Waals surface area contributed by atoms with Crippen LogP contribution >= 0.6 is 0 Å². The maximum Gasteiger partial charge on any atom is 0.118 e. The normalized spacial score (nSPS) is 43.1. The summed E-state index contributed by atoms with van der Waals surface area (Å²) in [6.07, 6.45) is 14.1. The smallest absolute Gasteiger partial charge is 0.118 e. The molecule has 0 aromatic heterocycles. The van der Waals surface area contributed by atoms with Crippen LogP contribution in [0.2, 0.25) is 0 Å². The Hall–Kier alpha value is -0.760. The van der Waals surface area contributed by atoms with Crippen molar-refractivity contribution < 1.29 is 9.84 Å². The number of fused-ring (bicyclic) bond motifs is 1. The van der Waals surface area contributed by atoms with E-state index in [0.29, 0.717) is 28.6 Å². The Morgan fingerprint density at radius 1 is 1.16 bits per heavy atom. The van der Waals surface area contributed by atoms with Gasteiger partial charge in [-0.1, -0.05) is 39.8 Å². The highest BCUT2D eigenvalue weighted by atomic mass is 16.5. The largest absolute Gasteiger partial charge is 0.491 e. The number of hydrogen-bond donors (Lipinski definition) is 1. The summed E-state index contributed by atoms with van der Waals surface area (Å²) in [5.41, 5.74) is 2.60. The minimum atomic E-state index is -0.467. The van der Waals surface area contributed by atoms with Gasteiger partial charge in [0.15, 0.2) is 0 Å². The molecule has 0 aromatic carbocycles. The Bertz CT molecular complexity index is 583. The van der Waals surface area contributed by atoms with Gasteiger partial charge in [0, 0.05) is 5.57 Å². The molecule has 140 valence electrons. The lowest BCUT2D eigenvalue weighted by atomic mass is 9.45. The fraction of sp³-hybridized carbons (Fsp3) is 0.826. The van der Waals surface area contributed by atoms with Gasteiger partial charge < -0.3 is 9.84 Å². The van der Waals surface area contributed by atoms with Crippen molar-refractivity contribution in [2.24, 2.45) is 28.1 Å². The van der Waals surface area contributed by atoms with Gasteiger partial charge in [0.25, 0.3) is 0 Å². The molecule has 4 rings (SSSR count). The van der Waals surface area contributed by atoms with Gasteiger partial charge in [-0.2, -0.15) is 0 Å². The van der Waals surface area contributed by atoms with Gasteiger partial charge in [-0.15, -0.1) is 0 Å². The van der Waals surface area contributed by atoms with Gasteiger partial charge in [-0.25, -0.2) is 0 Å². The summed E-state index contributed by atoms with van der Waals surface area (Å²) in [6, 6.07) is 0. The van der Waals surface area contributed by atoms with Gasteiger partial charge in [-0.05, 0) is 79.4 Å². The Balaban J connectivity index is 1.54. The first-order valence-electron chi connectivity index (χ1n) is 10.5. The molecular formula is C23H36O2. The molecular weight excluding hydrogens is 308 g/mol. The predicted octanol–water partition coefficient (Wildman–Crippen LogP) is 5.62.